The van der Waals surface area contributed by atoms with E-state index in [0.29, 0.717) is 5.88 Å². The van der Waals surface area contributed by atoms with Crippen LogP contribution in [0.1, 0.15) is 25.3 Å². The molecule has 0 bridgehead atoms. The van der Waals surface area contributed by atoms with Gasteiger partial charge in [-0.3, -0.25) is 0 Å². The van der Waals surface area contributed by atoms with Crippen LogP contribution in [0.5, 0.6) is 0 Å². The van der Waals surface area contributed by atoms with Crippen LogP contribution < -0.4 is 4.90 Å². The molecule has 1 fully saturated rings. The first-order valence-electron chi connectivity index (χ1n) is 5.56. The van der Waals surface area contributed by atoms with Crippen molar-refractivity contribution in [2.24, 2.45) is 5.92 Å². The normalized spacial score (nSPS) is 18.1. The first-order chi connectivity index (χ1) is 7.31. The average Bonchev–Trinajstić information content (AvgIpc) is 2.30. The topological polar surface area (TPSA) is 16.1 Å². The van der Waals surface area contributed by atoms with Crippen molar-refractivity contribution in [1.29, 1.82) is 0 Å². The molecule has 82 valence electrons. The molecule has 0 unspecified atom stereocenters. The molecule has 1 saturated heterocycles. The SMILES string of the molecule is CC1CCN(c2ncccc2CCl)CC1. The van der Waals surface area contributed by atoms with E-state index in [9.17, 15) is 0 Å². The van der Waals surface area contributed by atoms with Gasteiger partial charge < -0.3 is 4.90 Å². The summed E-state index contributed by atoms with van der Waals surface area (Å²) < 4.78 is 0. The lowest BCUT2D eigenvalue weighted by Crippen LogP contribution is -2.34. The Kier molecular flexibility index (Phi) is 3.47. The second-order valence-electron chi connectivity index (χ2n) is 4.29. The predicted molar refractivity (Wildman–Crippen MR) is 64.4 cm³/mol. The maximum atomic E-state index is 5.91. The largest absolute Gasteiger partial charge is 0.356 e. The molecular formula is C12H17ClN2. The lowest BCUT2D eigenvalue weighted by atomic mass is 9.99. The standard InChI is InChI=1S/C12H17ClN2/c1-10-4-7-15(8-5-10)12-11(9-13)3-2-6-14-12/h2-3,6,10H,4-5,7-9H2,1H3. The number of alkyl halides is 1. The van der Waals surface area contributed by atoms with E-state index >= 15 is 0 Å². The number of piperidine rings is 1. The molecule has 2 nitrogen and oxygen atoms in total. The first kappa shape index (κ1) is 10.7. The highest BCUT2D eigenvalue weighted by molar-refractivity contribution is 6.17. The van der Waals surface area contributed by atoms with Gasteiger partial charge in [-0.15, -0.1) is 11.6 Å². The fraction of sp³-hybridized carbons (Fsp3) is 0.583. The van der Waals surface area contributed by atoms with Gasteiger partial charge in [0, 0.05) is 24.8 Å². The molecule has 1 aliphatic heterocycles. The molecule has 1 aromatic rings. The summed E-state index contributed by atoms with van der Waals surface area (Å²) in [5.41, 5.74) is 1.15. The summed E-state index contributed by atoms with van der Waals surface area (Å²) >= 11 is 5.91. The lowest BCUT2D eigenvalue weighted by Gasteiger charge is -2.32. The Morgan fingerprint density at radius 3 is 2.87 bits per heavy atom. The van der Waals surface area contributed by atoms with E-state index in [-0.39, 0.29) is 0 Å². The molecule has 15 heavy (non-hydrogen) atoms. The van der Waals surface area contributed by atoms with Gasteiger partial charge in [0.2, 0.25) is 0 Å². The molecule has 0 aliphatic carbocycles. The fourth-order valence-electron chi connectivity index (χ4n) is 2.04. The van der Waals surface area contributed by atoms with E-state index in [1.807, 2.05) is 12.3 Å². The Balaban J connectivity index is 2.15. The maximum Gasteiger partial charge on any atom is 0.132 e. The number of pyridine rings is 1. The Bertz CT molecular complexity index is 319. The van der Waals surface area contributed by atoms with Gasteiger partial charge in [0.05, 0.1) is 5.88 Å². The van der Waals surface area contributed by atoms with Gasteiger partial charge in [-0.05, 0) is 24.8 Å². The minimum absolute atomic E-state index is 0.551. The van der Waals surface area contributed by atoms with Crippen molar-refractivity contribution in [2.75, 3.05) is 18.0 Å². The predicted octanol–water partition coefficient (Wildman–Crippen LogP) is 3.06. The second-order valence-corrected chi connectivity index (χ2v) is 4.56. The average molecular weight is 225 g/mol. The highest BCUT2D eigenvalue weighted by Gasteiger charge is 2.18. The zero-order valence-corrected chi connectivity index (χ0v) is 9.87. The van der Waals surface area contributed by atoms with Gasteiger partial charge in [0.25, 0.3) is 0 Å². The van der Waals surface area contributed by atoms with Crippen molar-refractivity contribution in [3.8, 4) is 0 Å². The summed E-state index contributed by atoms with van der Waals surface area (Å²) in [7, 11) is 0. The lowest BCUT2D eigenvalue weighted by molar-refractivity contribution is 0.436. The third kappa shape index (κ3) is 2.43. The molecule has 0 saturated carbocycles. The number of hydrogen-bond acceptors (Lipinski definition) is 2. The molecule has 0 spiro atoms. The van der Waals surface area contributed by atoms with Crippen LogP contribution in [-0.2, 0) is 5.88 Å². The summed E-state index contributed by atoms with van der Waals surface area (Å²) in [6.07, 6.45) is 4.38. The molecule has 0 aromatic carbocycles. The van der Waals surface area contributed by atoms with Crippen molar-refractivity contribution in [2.45, 2.75) is 25.6 Å². The van der Waals surface area contributed by atoms with E-state index in [2.05, 4.69) is 22.9 Å². The Morgan fingerprint density at radius 2 is 2.20 bits per heavy atom. The molecule has 1 aromatic heterocycles. The molecule has 0 amide bonds. The maximum absolute atomic E-state index is 5.91. The number of nitrogens with zero attached hydrogens (tertiary/aromatic N) is 2. The van der Waals surface area contributed by atoms with Crippen molar-refractivity contribution >= 4 is 17.4 Å². The van der Waals surface area contributed by atoms with E-state index < -0.39 is 0 Å². The van der Waals surface area contributed by atoms with Crippen LogP contribution in [0.3, 0.4) is 0 Å². The highest BCUT2D eigenvalue weighted by atomic mass is 35.5. The van der Waals surface area contributed by atoms with Gasteiger partial charge in [-0.1, -0.05) is 13.0 Å². The number of rotatable bonds is 2. The zero-order chi connectivity index (χ0) is 10.7. The van der Waals surface area contributed by atoms with Crippen LogP contribution in [0.25, 0.3) is 0 Å². The highest BCUT2D eigenvalue weighted by Crippen LogP contribution is 2.24. The van der Waals surface area contributed by atoms with E-state index in [0.717, 1.165) is 30.4 Å². The molecule has 3 heteroatoms. The van der Waals surface area contributed by atoms with Crippen LogP contribution in [0, 0.1) is 5.92 Å². The molecule has 0 radical (unpaired) electrons. The Morgan fingerprint density at radius 1 is 1.47 bits per heavy atom. The molecule has 2 rings (SSSR count). The van der Waals surface area contributed by atoms with Crippen LogP contribution in [0.15, 0.2) is 18.3 Å². The van der Waals surface area contributed by atoms with Crippen molar-refractivity contribution in [1.82, 2.24) is 4.98 Å². The third-order valence-electron chi connectivity index (χ3n) is 3.09. The molecule has 2 heterocycles. The quantitative estimate of drug-likeness (QED) is 0.718. The number of hydrogen-bond donors (Lipinski definition) is 0. The van der Waals surface area contributed by atoms with Gasteiger partial charge in [-0.2, -0.15) is 0 Å². The van der Waals surface area contributed by atoms with E-state index in [1.165, 1.54) is 12.8 Å². The molecule has 0 atom stereocenters. The second kappa shape index (κ2) is 4.84. The number of aromatic nitrogens is 1. The summed E-state index contributed by atoms with van der Waals surface area (Å²) in [5, 5.41) is 0. The summed E-state index contributed by atoms with van der Waals surface area (Å²) in [5.74, 6) is 2.48. The van der Waals surface area contributed by atoms with E-state index in [1.54, 1.807) is 0 Å². The number of halogens is 1. The van der Waals surface area contributed by atoms with E-state index in [4.69, 9.17) is 11.6 Å². The summed E-state index contributed by atoms with van der Waals surface area (Å²) in [6, 6.07) is 4.02. The molecule has 0 N–H and O–H groups in total. The summed E-state index contributed by atoms with van der Waals surface area (Å²) in [6.45, 7) is 4.54. The Hall–Kier alpha value is -0.760. The monoisotopic (exact) mass is 224 g/mol. The third-order valence-corrected chi connectivity index (χ3v) is 3.38. The van der Waals surface area contributed by atoms with Gasteiger partial charge >= 0.3 is 0 Å². The summed E-state index contributed by atoms with van der Waals surface area (Å²) in [4.78, 5) is 6.80. The fourth-order valence-corrected chi connectivity index (χ4v) is 2.25. The van der Waals surface area contributed by atoms with Crippen molar-refractivity contribution in [3.05, 3.63) is 23.9 Å². The van der Waals surface area contributed by atoms with Gasteiger partial charge in [0.1, 0.15) is 5.82 Å². The van der Waals surface area contributed by atoms with Crippen LogP contribution in [0.4, 0.5) is 5.82 Å². The zero-order valence-electron chi connectivity index (χ0n) is 9.12. The molecule has 1 aliphatic rings. The minimum atomic E-state index is 0.551. The number of anilines is 1. The van der Waals surface area contributed by atoms with Crippen molar-refractivity contribution < 1.29 is 0 Å². The van der Waals surface area contributed by atoms with Crippen molar-refractivity contribution in [3.63, 3.8) is 0 Å². The van der Waals surface area contributed by atoms with Crippen LogP contribution >= 0.6 is 11.6 Å². The van der Waals surface area contributed by atoms with Gasteiger partial charge in [0.15, 0.2) is 0 Å². The van der Waals surface area contributed by atoms with Gasteiger partial charge in [-0.25, -0.2) is 4.98 Å². The smallest absolute Gasteiger partial charge is 0.132 e. The van der Waals surface area contributed by atoms with Crippen LogP contribution in [-0.4, -0.2) is 18.1 Å². The first-order valence-corrected chi connectivity index (χ1v) is 6.09. The Labute approximate surface area is 96.3 Å². The molecular weight excluding hydrogens is 208 g/mol. The minimum Gasteiger partial charge on any atom is -0.356 e. The van der Waals surface area contributed by atoms with Crippen LogP contribution in [0.2, 0.25) is 0 Å².